The van der Waals surface area contributed by atoms with Crippen LogP contribution < -0.4 is 0 Å². The van der Waals surface area contributed by atoms with Gasteiger partial charge in [-0.05, 0) is 27.7 Å². The van der Waals surface area contributed by atoms with Crippen molar-refractivity contribution in [3.8, 4) is 0 Å². The zero-order valence-electron chi connectivity index (χ0n) is 11.3. The van der Waals surface area contributed by atoms with Gasteiger partial charge < -0.3 is 4.74 Å². The molecule has 0 fully saturated rings. The van der Waals surface area contributed by atoms with Gasteiger partial charge in [-0.25, -0.2) is 17.6 Å². The van der Waals surface area contributed by atoms with Crippen molar-refractivity contribution in [2.24, 2.45) is 0 Å². The lowest BCUT2D eigenvalue weighted by molar-refractivity contribution is -0.345. The van der Waals surface area contributed by atoms with E-state index in [2.05, 4.69) is 4.74 Å². The van der Waals surface area contributed by atoms with Crippen LogP contribution in [-0.4, -0.2) is 23.0 Å². The summed E-state index contributed by atoms with van der Waals surface area (Å²) in [6, 6.07) is 0. The molecule has 2 atom stereocenters. The van der Waals surface area contributed by atoms with Crippen LogP contribution in [-0.2, 0) is 4.74 Å². The molecule has 0 radical (unpaired) electrons. The zero-order valence-corrected chi connectivity index (χ0v) is 11.3. The molecular weight excluding hydrogens is 236 g/mol. The highest BCUT2D eigenvalue weighted by Crippen LogP contribution is 2.44. The van der Waals surface area contributed by atoms with Gasteiger partial charge in [0.05, 0.1) is 0 Å². The minimum absolute atomic E-state index is 0.405. The van der Waals surface area contributed by atoms with Crippen molar-refractivity contribution in [3.63, 3.8) is 0 Å². The minimum atomic E-state index is -2.86. The Morgan fingerprint density at radius 3 is 1.06 bits per heavy atom. The van der Waals surface area contributed by atoms with E-state index in [0.29, 0.717) is 0 Å². The van der Waals surface area contributed by atoms with E-state index in [1.807, 2.05) is 0 Å². The average molecular weight is 258 g/mol. The first-order chi connectivity index (χ1) is 7.33. The maximum Gasteiger partial charge on any atom is 0.245 e. The highest BCUT2D eigenvalue weighted by molar-refractivity contribution is 4.93. The standard InChI is InChI=1S/C12H22F4O/c1-7-11(15,9(3,4)13)17-12(16,8-2)10(5,6)14/h7-8H2,1-6H3. The van der Waals surface area contributed by atoms with Gasteiger partial charge in [-0.2, -0.15) is 0 Å². The fourth-order valence-corrected chi connectivity index (χ4v) is 1.48. The third kappa shape index (κ3) is 3.33. The smallest absolute Gasteiger partial charge is 0.245 e. The number of hydrogen-bond acceptors (Lipinski definition) is 1. The van der Waals surface area contributed by atoms with Crippen LogP contribution in [0.15, 0.2) is 0 Å². The highest BCUT2D eigenvalue weighted by Gasteiger charge is 2.57. The van der Waals surface area contributed by atoms with Crippen molar-refractivity contribution in [2.45, 2.75) is 77.4 Å². The van der Waals surface area contributed by atoms with Crippen LogP contribution >= 0.6 is 0 Å². The third-order valence-electron chi connectivity index (χ3n) is 3.01. The lowest BCUT2D eigenvalue weighted by Gasteiger charge is -2.42. The molecular formula is C12H22F4O. The molecule has 17 heavy (non-hydrogen) atoms. The van der Waals surface area contributed by atoms with Gasteiger partial charge in [-0.3, -0.25) is 0 Å². The lowest BCUT2D eigenvalue weighted by Crippen LogP contribution is -2.56. The van der Waals surface area contributed by atoms with Crippen LogP contribution in [0.3, 0.4) is 0 Å². The van der Waals surface area contributed by atoms with Crippen LogP contribution in [0.2, 0.25) is 0 Å². The second kappa shape index (κ2) is 4.75. The first kappa shape index (κ1) is 16.7. The van der Waals surface area contributed by atoms with Gasteiger partial charge in [0.15, 0.2) is 11.3 Å². The van der Waals surface area contributed by atoms with Gasteiger partial charge in [-0.15, -0.1) is 0 Å². The van der Waals surface area contributed by atoms with E-state index in [-0.39, 0.29) is 0 Å². The first-order valence-corrected chi connectivity index (χ1v) is 5.79. The summed E-state index contributed by atoms with van der Waals surface area (Å²) in [5.74, 6) is -5.72. The molecule has 0 bridgehead atoms. The maximum absolute atomic E-state index is 14.2. The van der Waals surface area contributed by atoms with Crippen LogP contribution in [0.5, 0.6) is 0 Å². The number of alkyl halides is 4. The van der Waals surface area contributed by atoms with Gasteiger partial charge in [-0.1, -0.05) is 13.8 Å². The summed E-state index contributed by atoms with van der Waals surface area (Å²) in [7, 11) is 0. The van der Waals surface area contributed by atoms with Crippen molar-refractivity contribution in [1.82, 2.24) is 0 Å². The summed E-state index contributed by atoms with van der Waals surface area (Å²) in [5.41, 5.74) is -4.83. The quantitative estimate of drug-likeness (QED) is 0.630. The summed E-state index contributed by atoms with van der Waals surface area (Å²) in [5, 5.41) is 0. The predicted molar refractivity (Wildman–Crippen MR) is 59.7 cm³/mol. The maximum atomic E-state index is 14.2. The SMILES string of the molecule is CCC(F)(OC(F)(CC)C(C)(C)F)C(C)(C)F. The summed E-state index contributed by atoms with van der Waals surface area (Å²) >= 11 is 0. The van der Waals surface area contributed by atoms with E-state index in [9.17, 15) is 17.6 Å². The topological polar surface area (TPSA) is 9.23 Å². The summed E-state index contributed by atoms with van der Waals surface area (Å²) in [6.07, 6.45) is -0.809. The fourth-order valence-electron chi connectivity index (χ4n) is 1.48. The number of hydrogen-bond donors (Lipinski definition) is 0. The van der Waals surface area contributed by atoms with Gasteiger partial charge in [0.1, 0.15) is 0 Å². The Bertz CT molecular complexity index is 230. The van der Waals surface area contributed by atoms with Crippen molar-refractivity contribution in [3.05, 3.63) is 0 Å². The van der Waals surface area contributed by atoms with Gasteiger partial charge in [0, 0.05) is 12.8 Å². The van der Waals surface area contributed by atoms with E-state index < -0.39 is 35.9 Å². The molecule has 0 aromatic carbocycles. The van der Waals surface area contributed by atoms with Crippen molar-refractivity contribution in [1.29, 1.82) is 0 Å². The van der Waals surface area contributed by atoms with Crippen LogP contribution in [0, 0.1) is 0 Å². The molecule has 0 aromatic rings. The Morgan fingerprint density at radius 2 is 0.941 bits per heavy atom. The first-order valence-electron chi connectivity index (χ1n) is 5.79. The molecule has 0 saturated heterocycles. The molecule has 0 aliphatic rings. The van der Waals surface area contributed by atoms with E-state index in [1.165, 1.54) is 13.8 Å². The highest BCUT2D eigenvalue weighted by atomic mass is 19.2. The molecule has 0 aliphatic heterocycles. The number of rotatable bonds is 6. The lowest BCUT2D eigenvalue weighted by atomic mass is 9.94. The minimum Gasteiger partial charge on any atom is -0.303 e. The van der Waals surface area contributed by atoms with Crippen LogP contribution in [0.25, 0.3) is 0 Å². The molecule has 0 aromatic heterocycles. The molecule has 0 N–H and O–H groups in total. The van der Waals surface area contributed by atoms with Gasteiger partial charge >= 0.3 is 0 Å². The average Bonchev–Trinajstić information content (AvgIpc) is 2.13. The Morgan fingerprint density at radius 1 is 0.706 bits per heavy atom. The molecule has 0 rings (SSSR count). The third-order valence-corrected chi connectivity index (χ3v) is 3.01. The van der Waals surface area contributed by atoms with Crippen LogP contribution in [0.1, 0.15) is 54.4 Å². The molecule has 0 saturated carbocycles. The largest absolute Gasteiger partial charge is 0.303 e. The van der Waals surface area contributed by atoms with Crippen molar-refractivity contribution < 1.29 is 22.3 Å². The van der Waals surface area contributed by atoms with Crippen molar-refractivity contribution >= 4 is 0 Å². The summed E-state index contributed by atoms with van der Waals surface area (Å²) in [6.45, 7) is 6.41. The number of ether oxygens (including phenoxy) is 1. The molecule has 1 nitrogen and oxygen atoms in total. The Hall–Kier alpha value is -0.320. The molecule has 5 heteroatoms. The molecule has 0 heterocycles. The normalized spacial score (nSPS) is 20.8. The second-order valence-corrected chi connectivity index (χ2v) is 5.21. The molecule has 2 unspecified atom stereocenters. The monoisotopic (exact) mass is 258 g/mol. The molecule has 104 valence electrons. The second-order valence-electron chi connectivity index (χ2n) is 5.21. The zero-order chi connectivity index (χ0) is 14.1. The van der Waals surface area contributed by atoms with Gasteiger partial charge in [0.25, 0.3) is 0 Å². The molecule has 0 spiro atoms. The van der Waals surface area contributed by atoms with Crippen LogP contribution in [0.4, 0.5) is 17.6 Å². The predicted octanol–water partition coefficient (Wildman–Crippen LogP) is 4.65. The van der Waals surface area contributed by atoms with E-state index in [4.69, 9.17) is 0 Å². The van der Waals surface area contributed by atoms with E-state index >= 15 is 0 Å². The van der Waals surface area contributed by atoms with Crippen molar-refractivity contribution in [2.75, 3.05) is 0 Å². The fraction of sp³-hybridized carbons (Fsp3) is 1.00. The van der Waals surface area contributed by atoms with E-state index in [0.717, 1.165) is 27.7 Å². The Kier molecular flexibility index (Phi) is 4.66. The molecule has 0 aliphatic carbocycles. The summed E-state index contributed by atoms with van der Waals surface area (Å²) < 4.78 is 60.5. The molecule has 0 amide bonds. The number of halogens is 4. The van der Waals surface area contributed by atoms with Gasteiger partial charge in [0.2, 0.25) is 11.7 Å². The summed E-state index contributed by atoms with van der Waals surface area (Å²) in [4.78, 5) is 0. The Balaban J connectivity index is 5.27. The Labute approximate surface area is 101 Å². The van der Waals surface area contributed by atoms with E-state index in [1.54, 1.807) is 0 Å².